The Kier molecular flexibility index (Phi) is 8.14. The number of pyridine rings is 2. The van der Waals surface area contributed by atoms with Crippen LogP contribution in [0.15, 0.2) is 49.1 Å². The van der Waals surface area contributed by atoms with Gasteiger partial charge in [0.05, 0.1) is 0 Å². The third kappa shape index (κ3) is 5.92. The predicted octanol–water partition coefficient (Wildman–Crippen LogP) is 5.09. The normalized spacial score (nSPS) is 19.3. The topological polar surface area (TPSA) is 107 Å². The largest absolute Gasteiger partial charge is 0.427 e. The highest BCUT2D eigenvalue weighted by atomic mass is 16.5. The number of fused-ring (bicyclic) bond motifs is 2. The van der Waals surface area contributed by atoms with Gasteiger partial charge >= 0.3 is 0 Å². The summed E-state index contributed by atoms with van der Waals surface area (Å²) in [6.07, 6.45) is 13.0. The molecule has 2 aromatic heterocycles. The molecule has 2 fully saturated rings. The van der Waals surface area contributed by atoms with Crippen LogP contribution in [0, 0.1) is 11.8 Å². The molecule has 2 saturated heterocycles. The highest BCUT2D eigenvalue weighted by molar-refractivity contribution is 5.82. The molecule has 2 amide bonds. The van der Waals surface area contributed by atoms with Gasteiger partial charge < -0.3 is 20.0 Å². The number of likely N-dealkylation sites (tertiary alicyclic amines) is 2. The second-order valence-electron chi connectivity index (χ2n) is 10.9. The summed E-state index contributed by atoms with van der Waals surface area (Å²) < 4.78 is 1.02. The van der Waals surface area contributed by atoms with Gasteiger partial charge in [-0.3, -0.25) is 9.59 Å². The fourth-order valence-corrected chi connectivity index (χ4v) is 5.97. The van der Waals surface area contributed by atoms with E-state index in [2.05, 4.69) is 34.9 Å². The molecule has 0 radical (unpaired) electrons. The fraction of sp³-hybridized carbons (Fsp3) is 0.467. The van der Waals surface area contributed by atoms with Gasteiger partial charge in [0.2, 0.25) is 11.8 Å². The summed E-state index contributed by atoms with van der Waals surface area (Å²) in [4.78, 5) is 39.6. The summed E-state index contributed by atoms with van der Waals surface area (Å²) in [6.45, 7) is 7.36. The molecule has 2 N–H and O–H groups in total. The van der Waals surface area contributed by atoms with Crippen LogP contribution in [0.5, 0.6) is 0 Å². The summed E-state index contributed by atoms with van der Waals surface area (Å²) in [5.41, 5.74) is 3.96. The number of rotatable bonds is 8. The van der Waals surface area contributed by atoms with E-state index in [1.807, 2.05) is 28.1 Å². The summed E-state index contributed by atoms with van der Waals surface area (Å²) in [7, 11) is 0. The van der Waals surface area contributed by atoms with Crippen LogP contribution < -0.4 is 0 Å². The number of nitrogens with one attached hydrogen (secondary N) is 1. The van der Waals surface area contributed by atoms with E-state index >= 15 is 0 Å². The van der Waals surface area contributed by atoms with Gasteiger partial charge in [0.15, 0.2) is 5.82 Å². The smallest absolute Gasteiger partial charge is 0.223 e. The molecular weight excluding hydrogens is 492 g/mol. The van der Waals surface area contributed by atoms with Crippen LogP contribution in [0.25, 0.3) is 22.4 Å². The number of amides is 2. The minimum absolute atomic E-state index is 0.227. The van der Waals surface area contributed by atoms with Crippen molar-refractivity contribution in [3.8, 4) is 11.4 Å². The minimum Gasteiger partial charge on any atom is -0.427 e. The Bertz CT molecular complexity index is 1390. The monoisotopic (exact) mass is 530 g/mol. The van der Waals surface area contributed by atoms with Gasteiger partial charge in [-0.15, -0.1) is 0 Å². The SMILES string of the molecule is CCCC1CC(=O)N(Cc2c[nH]c3ncccc23)C1.CCCC1CC(=O)N(Cc2cnc3n(O)cccc2-3)C1. The first-order chi connectivity index (χ1) is 19.0. The molecule has 206 valence electrons. The maximum absolute atomic E-state index is 12.0. The zero-order chi connectivity index (χ0) is 27.4. The van der Waals surface area contributed by atoms with Crippen molar-refractivity contribution in [2.24, 2.45) is 11.8 Å². The van der Waals surface area contributed by atoms with Crippen LogP contribution in [0.2, 0.25) is 0 Å². The van der Waals surface area contributed by atoms with E-state index in [0.717, 1.165) is 71.2 Å². The van der Waals surface area contributed by atoms with Gasteiger partial charge in [-0.2, -0.15) is 4.73 Å². The first-order valence-corrected chi connectivity index (χ1v) is 14.1. The van der Waals surface area contributed by atoms with Crippen LogP contribution in [0.3, 0.4) is 0 Å². The molecular formula is C30H38N6O3. The molecule has 0 saturated carbocycles. The molecule has 4 aliphatic rings. The Labute approximate surface area is 229 Å². The summed E-state index contributed by atoms with van der Waals surface area (Å²) in [5.74, 6) is 2.09. The number of carbonyl (C=O) groups is 2. The quantitative estimate of drug-likeness (QED) is 0.309. The summed E-state index contributed by atoms with van der Waals surface area (Å²) in [5, 5.41) is 10.8. The van der Waals surface area contributed by atoms with Crippen molar-refractivity contribution >= 4 is 22.8 Å². The van der Waals surface area contributed by atoms with E-state index in [0.29, 0.717) is 43.6 Å². The minimum atomic E-state index is 0.227. The standard InChI is InChI=1S/C15H19N3O2.C15H19N3O/c1-2-4-11-7-14(19)17(9-11)10-12-8-16-15-13(12)5-3-6-18(15)20;1-2-4-11-7-14(19)18(9-11)10-12-8-17-15-13(12)5-3-6-16-15/h3,5-6,8,11,20H,2,4,7,9-10H2,1H3;3,5-6,8,11H,2,4,7,9-10H2,1H3,(H,16,17). The third-order valence-corrected chi connectivity index (χ3v) is 7.88. The molecule has 0 aliphatic carbocycles. The van der Waals surface area contributed by atoms with Gasteiger partial charge in [0, 0.05) is 80.3 Å². The van der Waals surface area contributed by atoms with E-state index in [9.17, 15) is 14.8 Å². The van der Waals surface area contributed by atoms with Crippen molar-refractivity contribution in [2.75, 3.05) is 13.1 Å². The molecule has 39 heavy (non-hydrogen) atoms. The zero-order valence-electron chi connectivity index (χ0n) is 22.8. The zero-order valence-corrected chi connectivity index (χ0v) is 22.8. The summed E-state index contributed by atoms with van der Waals surface area (Å²) >= 11 is 0. The van der Waals surface area contributed by atoms with Crippen LogP contribution in [0.4, 0.5) is 0 Å². The van der Waals surface area contributed by atoms with Crippen LogP contribution in [-0.2, 0) is 22.7 Å². The van der Waals surface area contributed by atoms with Gasteiger partial charge in [-0.25, -0.2) is 9.97 Å². The molecule has 0 bridgehead atoms. The lowest BCUT2D eigenvalue weighted by Gasteiger charge is -2.16. The van der Waals surface area contributed by atoms with Crippen molar-refractivity contribution in [3.63, 3.8) is 0 Å². The van der Waals surface area contributed by atoms with Gasteiger partial charge in [-0.05, 0) is 54.5 Å². The Hall–Kier alpha value is -3.88. The van der Waals surface area contributed by atoms with Crippen molar-refractivity contribution < 1.29 is 14.8 Å². The van der Waals surface area contributed by atoms with Crippen molar-refractivity contribution in [2.45, 2.75) is 65.5 Å². The molecule has 9 heteroatoms. The van der Waals surface area contributed by atoms with Crippen molar-refractivity contribution in [3.05, 3.63) is 60.2 Å². The number of aromatic nitrogens is 4. The highest BCUT2D eigenvalue weighted by Gasteiger charge is 2.30. The molecule has 2 aromatic rings. The lowest BCUT2D eigenvalue weighted by atomic mass is 10.0. The van der Waals surface area contributed by atoms with Crippen LogP contribution in [-0.4, -0.2) is 59.6 Å². The Morgan fingerprint density at radius 2 is 1.59 bits per heavy atom. The Balaban J connectivity index is 0.000000158. The predicted molar refractivity (Wildman–Crippen MR) is 149 cm³/mol. The fourth-order valence-electron chi connectivity index (χ4n) is 5.97. The Morgan fingerprint density at radius 1 is 0.923 bits per heavy atom. The van der Waals surface area contributed by atoms with Gasteiger partial charge in [0.25, 0.3) is 0 Å². The molecule has 6 heterocycles. The number of H-pyrrole nitrogens is 1. The lowest BCUT2D eigenvalue weighted by Crippen LogP contribution is -2.24. The molecule has 0 aromatic carbocycles. The van der Waals surface area contributed by atoms with E-state index in [4.69, 9.17) is 0 Å². The second-order valence-corrected chi connectivity index (χ2v) is 10.9. The molecule has 9 nitrogen and oxygen atoms in total. The lowest BCUT2D eigenvalue weighted by molar-refractivity contribution is -0.129. The number of hydrogen-bond acceptors (Lipinski definition) is 5. The maximum atomic E-state index is 12.0. The average molecular weight is 531 g/mol. The Morgan fingerprint density at radius 3 is 2.26 bits per heavy atom. The number of nitrogens with zero attached hydrogens (tertiary/aromatic N) is 5. The second kappa shape index (κ2) is 11.9. The molecule has 0 spiro atoms. The van der Waals surface area contributed by atoms with Crippen molar-refractivity contribution in [1.82, 2.24) is 29.5 Å². The van der Waals surface area contributed by atoms with Gasteiger partial charge in [0.1, 0.15) is 5.65 Å². The van der Waals surface area contributed by atoms with E-state index in [-0.39, 0.29) is 11.8 Å². The maximum Gasteiger partial charge on any atom is 0.223 e. The van der Waals surface area contributed by atoms with Crippen molar-refractivity contribution in [1.29, 1.82) is 0 Å². The van der Waals surface area contributed by atoms with Gasteiger partial charge in [-0.1, -0.05) is 26.7 Å². The number of aromatic amines is 1. The molecule has 2 unspecified atom stereocenters. The highest BCUT2D eigenvalue weighted by Crippen LogP contribution is 2.29. The van der Waals surface area contributed by atoms with E-state index in [1.165, 1.54) is 0 Å². The van der Waals surface area contributed by atoms with Crippen LogP contribution >= 0.6 is 0 Å². The third-order valence-electron chi connectivity index (χ3n) is 7.88. The average Bonchev–Trinajstić information content (AvgIpc) is 3.69. The number of carbonyl (C=O) groups excluding carboxylic acids is 2. The molecule has 4 aliphatic heterocycles. The first kappa shape index (κ1) is 26.7. The summed E-state index contributed by atoms with van der Waals surface area (Å²) in [6, 6.07) is 7.69. The van der Waals surface area contributed by atoms with Crippen LogP contribution in [0.1, 0.15) is 63.5 Å². The van der Waals surface area contributed by atoms with E-state index in [1.54, 1.807) is 24.7 Å². The number of hydrogen-bond donors (Lipinski definition) is 2. The molecule has 2 atom stereocenters. The van der Waals surface area contributed by atoms with E-state index < -0.39 is 0 Å². The molecule has 6 rings (SSSR count). The first-order valence-electron chi connectivity index (χ1n) is 14.1.